The number of nitrogens with two attached hydrogens (primary N) is 1. The standard InChI is InChI=1S/C19H20ClNO4/c1-4-12-5-7-13(8-6-12)18(22)11(2)25-19(23)14-9-15(20)16(21)10-17(14)24-3/h5-11H,4,21H2,1-3H3. The lowest BCUT2D eigenvalue weighted by molar-refractivity contribution is 0.0316. The smallest absolute Gasteiger partial charge is 0.342 e. The van der Waals surface area contributed by atoms with E-state index in [1.165, 1.54) is 26.2 Å². The van der Waals surface area contributed by atoms with Crippen LogP contribution >= 0.6 is 11.6 Å². The molecule has 2 aromatic rings. The summed E-state index contributed by atoms with van der Waals surface area (Å²) in [6.07, 6.45) is -0.0579. The molecule has 2 aromatic carbocycles. The second kappa shape index (κ2) is 8.03. The molecule has 0 amide bonds. The molecule has 0 saturated carbocycles. The minimum Gasteiger partial charge on any atom is -0.496 e. The zero-order chi connectivity index (χ0) is 18.6. The van der Waals surface area contributed by atoms with Crippen molar-refractivity contribution in [3.63, 3.8) is 0 Å². The van der Waals surface area contributed by atoms with E-state index in [9.17, 15) is 9.59 Å². The minimum absolute atomic E-state index is 0.114. The van der Waals surface area contributed by atoms with E-state index in [0.717, 1.165) is 12.0 Å². The van der Waals surface area contributed by atoms with E-state index in [0.29, 0.717) is 5.56 Å². The molecule has 0 aliphatic rings. The van der Waals surface area contributed by atoms with Gasteiger partial charge in [-0.1, -0.05) is 42.8 Å². The van der Waals surface area contributed by atoms with Gasteiger partial charge < -0.3 is 15.2 Å². The fourth-order valence-electron chi connectivity index (χ4n) is 2.31. The van der Waals surface area contributed by atoms with Gasteiger partial charge in [0.05, 0.1) is 17.8 Å². The van der Waals surface area contributed by atoms with Gasteiger partial charge in [0.15, 0.2) is 6.10 Å². The van der Waals surface area contributed by atoms with E-state index >= 15 is 0 Å². The first-order valence-electron chi connectivity index (χ1n) is 7.84. The third-order valence-electron chi connectivity index (χ3n) is 3.84. The number of ether oxygens (including phenoxy) is 2. The number of ketones is 1. The number of rotatable bonds is 6. The van der Waals surface area contributed by atoms with Crippen LogP contribution in [-0.2, 0) is 11.2 Å². The number of anilines is 1. The van der Waals surface area contributed by atoms with Gasteiger partial charge in [-0.2, -0.15) is 0 Å². The van der Waals surface area contributed by atoms with E-state index in [4.69, 9.17) is 26.8 Å². The van der Waals surface area contributed by atoms with Gasteiger partial charge in [0.1, 0.15) is 11.3 Å². The van der Waals surface area contributed by atoms with Crippen LogP contribution in [0.5, 0.6) is 5.75 Å². The fourth-order valence-corrected chi connectivity index (χ4v) is 2.48. The molecule has 0 saturated heterocycles. The number of hydrogen-bond acceptors (Lipinski definition) is 5. The Hall–Kier alpha value is -2.53. The van der Waals surface area contributed by atoms with Gasteiger partial charge in [0.25, 0.3) is 0 Å². The van der Waals surface area contributed by atoms with Crippen molar-refractivity contribution in [2.24, 2.45) is 0 Å². The molecule has 2 N–H and O–H groups in total. The third kappa shape index (κ3) is 4.31. The highest BCUT2D eigenvalue weighted by Crippen LogP contribution is 2.29. The van der Waals surface area contributed by atoms with Crippen molar-refractivity contribution in [3.05, 3.63) is 58.1 Å². The average Bonchev–Trinajstić information content (AvgIpc) is 2.62. The summed E-state index contributed by atoms with van der Waals surface area (Å²) in [7, 11) is 1.41. The summed E-state index contributed by atoms with van der Waals surface area (Å²) in [6, 6.07) is 10.0. The van der Waals surface area contributed by atoms with E-state index in [-0.39, 0.29) is 27.8 Å². The van der Waals surface area contributed by atoms with Crippen molar-refractivity contribution in [1.82, 2.24) is 0 Å². The topological polar surface area (TPSA) is 78.6 Å². The van der Waals surface area contributed by atoms with Crippen LogP contribution in [0.15, 0.2) is 36.4 Å². The van der Waals surface area contributed by atoms with Gasteiger partial charge in [-0.05, 0) is 25.0 Å². The highest BCUT2D eigenvalue weighted by Gasteiger charge is 2.23. The Labute approximate surface area is 151 Å². The van der Waals surface area contributed by atoms with Crippen molar-refractivity contribution in [1.29, 1.82) is 0 Å². The lowest BCUT2D eigenvalue weighted by Gasteiger charge is -2.15. The number of methoxy groups -OCH3 is 1. The van der Waals surface area contributed by atoms with Crippen LogP contribution in [0.2, 0.25) is 5.02 Å². The minimum atomic E-state index is -0.944. The molecular formula is C19H20ClNO4. The molecule has 6 heteroatoms. The largest absolute Gasteiger partial charge is 0.496 e. The number of carbonyl (C=O) groups is 2. The van der Waals surface area contributed by atoms with Crippen molar-refractivity contribution in [2.75, 3.05) is 12.8 Å². The van der Waals surface area contributed by atoms with Gasteiger partial charge in [-0.15, -0.1) is 0 Å². The summed E-state index contributed by atoms with van der Waals surface area (Å²) in [5, 5.41) is 0.210. The first kappa shape index (κ1) is 18.8. The number of Topliss-reactive ketones (excluding diaryl/α,β-unsaturated/α-hetero) is 1. The molecule has 0 aromatic heterocycles. The molecule has 5 nitrogen and oxygen atoms in total. The third-order valence-corrected chi connectivity index (χ3v) is 4.17. The van der Waals surface area contributed by atoms with E-state index < -0.39 is 12.1 Å². The number of carbonyl (C=O) groups excluding carboxylic acids is 2. The summed E-state index contributed by atoms with van der Waals surface area (Å²) in [5.41, 5.74) is 7.71. The molecule has 25 heavy (non-hydrogen) atoms. The number of nitrogen functional groups attached to an aromatic ring is 1. The van der Waals surface area contributed by atoms with Crippen LogP contribution in [-0.4, -0.2) is 25.0 Å². The number of halogens is 1. The molecule has 0 radical (unpaired) electrons. The molecule has 0 heterocycles. The molecular weight excluding hydrogens is 342 g/mol. The predicted molar refractivity (Wildman–Crippen MR) is 97.4 cm³/mol. The quantitative estimate of drug-likeness (QED) is 0.479. The molecule has 0 aliphatic heterocycles. The lowest BCUT2D eigenvalue weighted by atomic mass is 10.0. The molecule has 0 fully saturated rings. The maximum Gasteiger partial charge on any atom is 0.342 e. The summed E-state index contributed by atoms with van der Waals surface area (Å²) in [4.78, 5) is 24.8. The number of hydrogen-bond donors (Lipinski definition) is 1. The zero-order valence-electron chi connectivity index (χ0n) is 14.3. The average molecular weight is 362 g/mol. The summed E-state index contributed by atoms with van der Waals surface area (Å²) >= 11 is 5.96. The zero-order valence-corrected chi connectivity index (χ0v) is 15.1. The molecule has 0 spiro atoms. The Balaban J connectivity index is 2.16. The first-order valence-corrected chi connectivity index (χ1v) is 8.22. The summed E-state index contributed by atoms with van der Waals surface area (Å²) < 4.78 is 10.4. The normalized spacial score (nSPS) is 11.7. The van der Waals surface area contributed by atoms with Crippen molar-refractivity contribution >= 4 is 29.0 Å². The highest BCUT2D eigenvalue weighted by molar-refractivity contribution is 6.33. The second-order valence-electron chi connectivity index (χ2n) is 5.54. The summed E-state index contributed by atoms with van der Waals surface area (Å²) in [6.45, 7) is 3.56. The van der Waals surface area contributed by atoms with Crippen LogP contribution in [0.3, 0.4) is 0 Å². The molecule has 1 atom stereocenters. The molecule has 0 bridgehead atoms. The van der Waals surface area contributed by atoms with Crippen LogP contribution in [0.25, 0.3) is 0 Å². The Morgan fingerprint density at radius 2 is 1.84 bits per heavy atom. The Morgan fingerprint density at radius 3 is 2.40 bits per heavy atom. The fraction of sp³-hybridized carbons (Fsp3) is 0.263. The van der Waals surface area contributed by atoms with Crippen LogP contribution in [0.1, 0.15) is 40.1 Å². The Morgan fingerprint density at radius 1 is 1.20 bits per heavy atom. The predicted octanol–water partition coefficient (Wildman–Crippen LogP) is 3.92. The van der Waals surface area contributed by atoms with Crippen LogP contribution < -0.4 is 10.5 Å². The van der Waals surface area contributed by atoms with Crippen molar-refractivity contribution < 1.29 is 19.1 Å². The number of benzene rings is 2. The Kier molecular flexibility index (Phi) is 6.04. The first-order chi connectivity index (χ1) is 11.9. The van der Waals surface area contributed by atoms with Gasteiger partial charge in [-0.3, -0.25) is 4.79 Å². The number of esters is 1. The summed E-state index contributed by atoms with van der Waals surface area (Å²) in [5.74, 6) is -0.750. The van der Waals surface area contributed by atoms with Crippen molar-refractivity contribution in [3.8, 4) is 5.75 Å². The van der Waals surface area contributed by atoms with E-state index in [1.807, 2.05) is 19.1 Å². The molecule has 1 unspecified atom stereocenters. The number of aryl methyl sites for hydroxylation is 1. The van der Waals surface area contributed by atoms with Crippen LogP contribution in [0, 0.1) is 0 Å². The maximum atomic E-state index is 12.4. The maximum absolute atomic E-state index is 12.4. The van der Waals surface area contributed by atoms with Gasteiger partial charge >= 0.3 is 5.97 Å². The molecule has 0 aliphatic carbocycles. The Bertz CT molecular complexity index is 787. The van der Waals surface area contributed by atoms with E-state index in [1.54, 1.807) is 12.1 Å². The lowest BCUT2D eigenvalue weighted by Crippen LogP contribution is -2.24. The monoisotopic (exact) mass is 361 g/mol. The molecule has 132 valence electrons. The van der Waals surface area contributed by atoms with E-state index in [2.05, 4.69) is 0 Å². The highest BCUT2D eigenvalue weighted by atomic mass is 35.5. The van der Waals surface area contributed by atoms with Crippen LogP contribution in [0.4, 0.5) is 5.69 Å². The van der Waals surface area contributed by atoms with Crippen molar-refractivity contribution in [2.45, 2.75) is 26.4 Å². The van der Waals surface area contributed by atoms with Gasteiger partial charge in [0, 0.05) is 11.6 Å². The molecule has 2 rings (SSSR count). The van der Waals surface area contributed by atoms with Gasteiger partial charge in [0.2, 0.25) is 5.78 Å². The second-order valence-corrected chi connectivity index (χ2v) is 5.94. The SMILES string of the molecule is CCc1ccc(C(=O)C(C)OC(=O)c2cc(Cl)c(N)cc2OC)cc1. The van der Waals surface area contributed by atoms with Gasteiger partial charge in [-0.25, -0.2) is 4.79 Å².